The molecule has 2 aromatic carbocycles. The van der Waals surface area contributed by atoms with Crippen molar-refractivity contribution in [3.63, 3.8) is 0 Å². The summed E-state index contributed by atoms with van der Waals surface area (Å²) in [5, 5.41) is 3.85. The van der Waals surface area contributed by atoms with E-state index in [-0.39, 0.29) is 11.4 Å². The Morgan fingerprint density at radius 2 is 1.64 bits per heavy atom. The van der Waals surface area contributed by atoms with Gasteiger partial charge in [-0.2, -0.15) is 13.2 Å². The lowest BCUT2D eigenvalue weighted by molar-refractivity contribution is -0.137. The first-order chi connectivity index (χ1) is 11.7. The Labute approximate surface area is 144 Å². The molecule has 25 heavy (non-hydrogen) atoms. The van der Waals surface area contributed by atoms with Crippen LogP contribution >= 0.6 is 11.6 Å². The van der Waals surface area contributed by atoms with Crippen molar-refractivity contribution in [2.75, 3.05) is 10.6 Å². The fraction of sp³-hybridized carbons (Fsp3) is 0.125. The smallest absolute Gasteiger partial charge is 0.326 e. The number of hydrogen-bond acceptors (Lipinski definition) is 2. The van der Waals surface area contributed by atoms with Gasteiger partial charge in [0.15, 0.2) is 0 Å². The minimum absolute atomic E-state index is 0.105. The van der Waals surface area contributed by atoms with Crippen molar-refractivity contribution in [1.82, 2.24) is 0 Å². The van der Waals surface area contributed by atoms with Crippen molar-refractivity contribution in [1.29, 1.82) is 0 Å². The molecule has 0 aliphatic heterocycles. The van der Waals surface area contributed by atoms with E-state index in [9.17, 15) is 27.2 Å². The van der Waals surface area contributed by atoms with Gasteiger partial charge in [-0.15, -0.1) is 0 Å². The van der Waals surface area contributed by atoms with E-state index < -0.39 is 40.8 Å². The van der Waals surface area contributed by atoms with Gasteiger partial charge in [0.2, 0.25) is 11.8 Å². The van der Waals surface area contributed by atoms with E-state index in [0.29, 0.717) is 6.07 Å². The quantitative estimate of drug-likeness (QED) is 0.613. The number of benzene rings is 2. The van der Waals surface area contributed by atoms with Crippen LogP contribution in [0.15, 0.2) is 42.5 Å². The summed E-state index contributed by atoms with van der Waals surface area (Å²) in [5.74, 6) is -2.35. The fourth-order valence-corrected chi connectivity index (χ4v) is 2.15. The van der Waals surface area contributed by atoms with Gasteiger partial charge in [-0.25, -0.2) is 4.39 Å². The number of rotatable bonds is 4. The monoisotopic (exact) mass is 374 g/mol. The number of carbonyl (C=O) groups is 2. The zero-order chi connectivity index (χ0) is 18.6. The van der Waals surface area contributed by atoms with Crippen molar-refractivity contribution in [3.05, 3.63) is 58.9 Å². The summed E-state index contributed by atoms with van der Waals surface area (Å²) < 4.78 is 51.7. The van der Waals surface area contributed by atoms with Crippen LogP contribution in [0.2, 0.25) is 5.02 Å². The number of carbonyl (C=O) groups excluding carboxylic acids is 2. The highest BCUT2D eigenvalue weighted by atomic mass is 35.5. The van der Waals surface area contributed by atoms with Gasteiger partial charge >= 0.3 is 6.18 Å². The molecular weight excluding hydrogens is 364 g/mol. The molecule has 0 saturated carbocycles. The number of hydrogen-bond donors (Lipinski definition) is 2. The standard InChI is InChI=1S/C16H11ClF4N2O2/c17-11-6-5-9(7-10(11)16(19,20)21)22-14(24)8-15(25)23-13-4-2-1-3-12(13)18/h1-7H,8H2,(H,22,24)(H,23,25). The molecule has 0 spiro atoms. The van der Waals surface area contributed by atoms with Crippen LogP contribution in [0.4, 0.5) is 28.9 Å². The second-order valence-corrected chi connectivity index (χ2v) is 5.35. The lowest BCUT2D eigenvalue weighted by atomic mass is 10.2. The summed E-state index contributed by atoms with van der Waals surface area (Å²) >= 11 is 5.47. The molecule has 0 aliphatic rings. The van der Waals surface area contributed by atoms with Gasteiger partial charge in [-0.1, -0.05) is 23.7 Å². The average Bonchev–Trinajstić information content (AvgIpc) is 2.50. The lowest BCUT2D eigenvalue weighted by Crippen LogP contribution is -2.22. The first-order valence-electron chi connectivity index (χ1n) is 6.88. The van der Waals surface area contributed by atoms with Gasteiger partial charge < -0.3 is 10.6 Å². The molecule has 0 fully saturated rings. The van der Waals surface area contributed by atoms with Crippen molar-refractivity contribution in [2.45, 2.75) is 12.6 Å². The van der Waals surface area contributed by atoms with Gasteiger partial charge in [-0.05, 0) is 30.3 Å². The zero-order valence-electron chi connectivity index (χ0n) is 12.5. The molecule has 2 aromatic rings. The van der Waals surface area contributed by atoms with Crippen LogP contribution in [0, 0.1) is 5.82 Å². The molecular formula is C16H11ClF4N2O2. The van der Waals surface area contributed by atoms with Crippen molar-refractivity contribution in [3.8, 4) is 0 Å². The molecule has 4 nitrogen and oxygen atoms in total. The molecule has 0 unspecified atom stereocenters. The molecule has 9 heteroatoms. The van der Waals surface area contributed by atoms with Crippen LogP contribution in [0.25, 0.3) is 0 Å². The second kappa shape index (κ2) is 7.52. The molecule has 0 saturated heterocycles. The normalized spacial score (nSPS) is 11.1. The molecule has 0 aromatic heterocycles. The Kier molecular flexibility index (Phi) is 5.63. The summed E-state index contributed by atoms with van der Waals surface area (Å²) in [4.78, 5) is 23.5. The maximum Gasteiger partial charge on any atom is 0.417 e. The van der Waals surface area contributed by atoms with E-state index >= 15 is 0 Å². The molecule has 0 bridgehead atoms. The number of nitrogens with one attached hydrogen (secondary N) is 2. The summed E-state index contributed by atoms with van der Waals surface area (Å²) in [5.41, 5.74) is -1.38. The highest BCUT2D eigenvalue weighted by Crippen LogP contribution is 2.36. The van der Waals surface area contributed by atoms with Crippen molar-refractivity contribution >= 4 is 34.8 Å². The molecule has 2 rings (SSSR count). The third-order valence-electron chi connectivity index (χ3n) is 3.02. The fourth-order valence-electron chi connectivity index (χ4n) is 1.93. The van der Waals surface area contributed by atoms with Crippen LogP contribution in [0.3, 0.4) is 0 Å². The molecule has 2 amide bonds. The average molecular weight is 375 g/mol. The predicted molar refractivity (Wildman–Crippen MR) is 84.7 cm³/mol. The predicted octanol–water partition coefficient (Wildman–Crippen LogP) is 4.47. The number of para-hydroxylation sites is 1. The first-order valence-corrected chi connectivity index (χ1v) is 7.25. The Morgan fingerprint density at radius 1 is 1.00 bits per heavy atom. The SMILES string of the molecule is O=C(CC(=O)Nc1ccccc1F)Nc1ccc(Cl)c(C(F)(F)F)c1. The maximum absolute atomic E-state index is 13.4. The van der Waals surface area contributed by atoms with E-state index in [1.165, 1.54) is 24.3 Å². The van der Waals surface area contributed by atoms with Gasteiger partial charge in [0.1, 0.15) is 12.2 Å². The summed E-state index contributed by atoms with van der Waals surface area (Å²) in [7, 11) is 0. The Hall–Kier alpha value is -2.61. The van der Waals surface area contributed by atoms with E-state index in [1.807, 2.05) is 0 Å². The Morgan fingerprint density at radius 3 is 2.28 bits per heavy atom. The second-order valence-electron chi connectivity index (χ2n) is 4.95. The van der Waals surface area contributed by atoms with Crippen LogP contribution < -0.4 is 10.6 Å². The van der Waals surface area contributed by atoms with Gasteiger partial charge in [0.25, 0.3) is 0 Å². The van der Waals surface area contributed by atoms with E-state index in [1.54, 1.807) is 0 Å². The molecule has 0 atom stereocenters. The molecule has 132 valence electrons. The number of amides is 2. The molecule has 0 aliphatic carbocycles. The number of anilines is 2. The Balaban J connectivity index is 2.01. The summed E-state index contributed by atoms with van der Waals surface area (Å²) in [6.45, 7) is 0. The van der Waals surface area contributed by atoms with Gasteiger partial charge in [0, 0.05) is 5.69 Å². The highest BCUT2D eigenvalue weighted by molar-refractivity contribution is 6.31. The van der Waals surface area contributed by atoms with Crippen molar-refractivity contribution < 1.29 is 27.2 Å². The van der Waals surface area contributed by atoms with E-state index in [0.717, 1.165) is 12.1 Å². The third kappa shape index (κ3) is 5.18. The molecule has 2 N–H and O–H groups in total. The van der Waals surface area contributed by atoms with E-state index in [4.69, 9.17) is 11.6 Å². The van der Waals surface area contributed by atoms with Crippen LogP contribution in [0.1, 0.15) is 12.0 Å². The van der Waals surface area contributed by atoms with Crippen molar-refractivity contribution in [2.24, 2.45) is 0 Å². The van der Waals surface area contributed by atoms with Crippen LogP contribution in [-0.4, -0.2) is 11.8 Å². The van der Waals surface area contributed by atoms with Crippen LogP contribution in [-0.2, 0) is 15.8 Å². The minimum atomic E-state index is -4.68. The maximum atomic E-state index is 13.4. The van der Waals surface area contributed by atoms with Gasteiger partial charge in [-0.3, -0.25) is 9.59 Å². The molecule has 0 radical (unpaired) electrons. The Bertz CT molecular complexity index is 809. The molecule has 0 heterocycles. The zero-order valence-corrected chi connectivity index (χ0v) is 13.2. The number of alkyl halides is 3. The summed E-state index contributed by atoms with van der Waals surface area (Å²) in [6.07, 6.45) is -5.38. The third-order valence-corrected chi connectivity index (χ3v) is 3.35. The van der Waals surface area contributed by atoms with Crippen LogP contribution in [0.5, 0.6) is 0 Å². The largest absolute Gasteiger partial charge is 0.417 e. The topological polar surface area (TPSA) is 58.2 Å². The van der Waals surface area contributed by atoms with Gasteiger partial charge in [0.05, 0.1) is 16.3 Å². The minimum Gasteiger partial charge on any atom is -0.326 e. The first kappa shape index (κ1) is 18.7. The highest BCUT2D eigenvalue weighted by Gasteiger charge is 2.33. The summed E-state index contributed by atoms with van der Waals surface area (Å²) in [6, 6.07) is 8.17. The lowest BCUT2D eigenvalue weighted by Gasteiger charge is -2.12. The number of halogens is 5. The van der Waals surface area contributed by atoms with E-state index in [2.05, 4.69) is 10.6 Å².